The van der Waals surface area contributed by atoms with E-state index in [1.807, 2.05) is 33.9 Å². The monoisotopic (exact) mass is 474 g/mol. The van der Waals surface area contributed by atoms with Crippen LogP contribution in [0.25, 0.3) is 11.3 Å². The standard InChI is InChI=1S/C26H27FN6O2/c27-22-8-3-7-20(15-22)24-25(30-26(35)33(24)12-4-11-31-14-10-28-18-31)29-16-23(34)32-13-9-19-5-1-2-6-21(19)17-32/h1-3,5-8,10,14-15,18,29H,4,9,11-13,16-17H2,(H,30,35). The summed E-state index contributed by atoms with van der Waals surface area (Å²) in [6, 6.07) is 14.3. The van der Waals surface area contributed by atoms with Crippen LogP contribution in [0.4, 0.5) is 10.2 Å². The quantitative estimate of drug-likeness (QED) is 0.410. The van der Waals surface area contributed by atoms with E-state index in [-0.39, 0.29) is 18.1 Å². The second-order valence-corrected chi connectivity index (χ2v) is 8.66. The molecule has 4 aromatic rings. The van der Waals surface area contributed by atoms with Gasteiger partial charge in [-0.1, -0.05) is 36.4 Å². The van der Waals surface area contributed by atoms with Crippen molar-refractivity contribution in [3.63, 3.8) is 0 Å². The minimum Gasteiger partial charge on any atom is -0.361 e. The number of imidazole rings is 2. The number of hydrogen-bond acceptors (Lipinski definition) is 4. The molecule has 9 heteroatoms. The fourth-order valence-electron chi connectivity index (χ4n) is 4.56. The minimum atomic E-state index is -0.393. The smallest absolute Gasteiger partial charge is 0.327 e. The molecule has 2 N–H and O–H groups in total. The Morgan fingerprint density at radius 1 is 1.11 bits per heavy atom. The van der Waals surface area contributed by atoms with Gasteiger partial charge in [-0.2, -0.15) is 0 Å². The van der Waals surface area contributed by atoms with Crippen molar-refractivity contribution < 1.29 is 9.18 Å². The van der Waals surface area contributed by atoms with E-state index in [2.05, 4.69) is 21.4 Å². The number of benzene rings is 2. The Balaban J connectivity index is 1.34. The molecule has 2 aromatic carbocycles. The zero-order valence-electron chi connectivity index (χ0n) is 19.3. The first-order chi connectivity index (χ1) is 17.1. The maximum absolute atomic E-state index is 14.0. The molecule has 0 saturated heterocycles. The van der Waals surface area contributed by atoms with Crippen LogP contribution in [-0.2, 0) is 30.8 Å². The van der Waals surface area contributed by atoms with Gasteiger partial charge in [0.15, 0.2) is 0 Å². The summed E-state index contributed by atoms with van der Waals surface area (Å²) in [5, 5.41) is 3.11. The van der Waals surface area contributed by atoms with E-state index < -0.39 is 5.82 Å². The minimum absolute atomic E-state index is 0.0273. The second-order valence-electron chi connectivity index (χ2n) is 8.66. The fourth-order valence-corrected chi connectivity index (χ4v) is 4.56. The van der Waals surface area contributed by atoms with Crippen molar-refractivity contribution >= 4 is 11.7 Å². The maximum Gasteiger partial charge on any atom is 0.327 e. The van der Waals surface area contributed by atoms with Crippen LogP contribution in [0.5, 0.6) is 0 Å². The topological polar surface area (TPSA) is 87.9 Å². The van der Waals surface area contributed by atoms with Crippen LogP contribution < -0.4 is 11.0 Å². The van der Waals surface area contributed by atoms with Gasteiger partial charge < -0.3 is 14.8 Å². The van der Waals surface area contributed by atoms with Crippen LogP contribution in [0.3, 0.4) is 0 Å². The van der Waals surface area contributed by atoms with Crippen molar-refractivity contribution in [3.05, 3.63) is 94.7 Å². The maximum atomic E-state index is 14.0. The first-order valence-electron chi connectivity index (χ1n) is 11.7. The Bertz CT molecular complexity index is 1370. The van der Waals surface area contributed by atoms with Crippen LogP contribution in [0.2, 0.25) is 0 Å². The van der Waals surface area contributed by atoms with Crippen molar-refractivity contribution in [2.75, 3.05) is 18.4 Å². The van der Waals surface area contributed by atoms with Crippen LogP contribution in [0.1, 0.15) is 17.5 Å². The van der Waals surface area contributed by atoms with Crippen molar-refractivity contribution in [1.82, 2.24) is 24.0 Å². The highest BCUT2D eigenvalue weighted by molar-refractivity contribution is 5.83. The van der Waals surface area contributed by atoms with Gasteiger partial charge in [-0.25, -0.2) is 14.2 Å². The molecule has 8 nitrogen and oxygen atoms in total. The largest absolute Gasteiger partial charge is 0.361 e. The molecule has 5 rings (SSSR count). The normalized spacial score (nSPS) is 13.0. The van der Waals surface area contributed by atoms with Gasteiger partial charge >= 0.3 is 5.69 Å². The predicted octanol–water partition coefficient (Wildman–Crippen LogP) is 3.27. The van der Waals surface area contributed by atoms with Gasteiger partial charge in [-0.15, -0.1) is 0 Å². The molecule has 0 spiro atoms. The summed E-state index contributed by atoms with van der Waals surface area (Å²) in [6.07, 6.45) is 6.80. The molecule has 1 aliphatic rings. The molecular formula is C26H27FN6O2. The Kier molecular flexibility index (Phi) is 6.47. The van der Waals surface area contributed by atoms with Crippen molar-refractivity contribution in [3.8, 4) is 11.3 Å². The summed E-state index contributed by atoms with van der Waals surface area (Å²) in [4.78, 5) is 34.5. The number of anilines is 1. The van der Waals surface area contributed by atoms with Gasteiger partial charge in [-0.3, -0.25) is 14.3 Å². The van der Waals surface area contributed by atoms with Gasteiger partial charge in [-0.05, 0) is 36.1 Å². The van der Waals surface area contributed by atoms with E-state index >= 15 is 0 Å². The zero-order valence-corrected chi connectivity index (χ0v) is 19.3. The number of carbonyl (C=O) groups excluding carboxylic acids is 1. The number of fused-ring (bicyclic) bond motifs is 1. The van der Waals surface area contributed by atoms with E-state index in [1.54, 1.807) is 29.2 Å². The molecule has 3 heterocycles. The molecule has 35 heavy (non-hydrogen) atoms. The Labute approximate surface area is 202 Å². The highest BCUT2D eigenvalue weighted by Gasteiger charge is 2.22. The number of carbonyl (C=O) groups is 1. The first-order valence-corrected chi connectivity index (χ1v) is 11.7. The molecule has 0 atom stereocenters. The third kappa shape index (κ3) is 5.03. The molecule has 2 aromatic heterocycles. The molecule has 0 aliphatic carbocycles. The average Bonchev–Trinajstić information content (AvgIpc) is 3.50. The number of halogens is 1. The van der Waals surface area contributed by atoms with Crippen molar-refractivity contribution in [1.29, 1.82) is 0 Å². The molecule has 0 bridgehead atoms. The van der Waals surface area contributed by atoms with E-state index in [4.69, 9.17) is 0 Å². The van der Waals surface area contributed by atoms with Crippen molar-refractivity contribution in [2.24, 2.45) is 0 Å². The van der Waals surface area contributed by atoms with Crippen LogP contribution >= 0.6 is 0 Å². The van der Waals surface area contributed by atoms with Gasteiger partial charge in [0.25, 0.3) is 0 Å². The summed E-state index contributed by atoms with van der Waals surface area (Å²) in [7, 11) is 0. The summed E-state index contributed by atoms with van der Waals surface area (Å²) in [6.45, 7) is 2.37. The zero-order chi connectivity index (χ0) is 24.2. The lowest BCUT2D eigenvalue weighted by Gasteiger charge is -2.29. The lowest BCUT2D eigenvalue weighted by Crippen LogP contribution is -2.39. The number of aryl methyl sites for hydroxylation is 1. The van der Waals surface area contributed by atoms with E-state index in [0.717, 1.165) is 12.0 Å². The number of rotatable bonds is 8. The predicted molar refractivity (Wildman–Crippen MR) is 131 cm³/mol. The van der Waals surface area contributed by atoms with Crippen LogP contribution in [0.15, 0.2) is 72.0 Å². The number of H-pyrrole nitrogens is 1. The summed E-state index contributed by atoms with van der Waals surface area (Å²) < 4.78 is 17.6. The van der Waals surface area contributed by atoms with E-state index in [1.165, 1.54) is 17.7 Å². The highest BCUT2D eigenvalue weighted by atomic mass is 19.1. The molecule has 1 amide bonds. The molecule has 0 saturated carbocycles. The van der Waals surface area contributed by atoms with Gasteiger partial charge in [0, 0.05) is 44.1 Å². The summed E-state index contributed by atoms with van der Waals surface area (Å²) in [5.74, 6) is -0.0393. The van der Waals surface area contributed by atoms with Crippen LogP contribution in [-0.4, -0.2) is 43.0 Å². The summed E-state index contributed by atoms with van der Waals surface area (Å²) in [5.41, 5.74) is 3.22. The second kappa shape index (κ2) is 10.0. The number of aromatic nitrogens is 4. The Morgan fingerprint density at radius 2 is 1.97 bits per heavy atom. The molecule has 0 fully saturated rings. The van der Waals surface area contributed by atoms with Gasteiger partial charge in [0.2, 0.25) is 5.91 Å². The van der Waals surface area contributed by atoms with Crippen molar-refractivity contribution in [2.45, 2.75) is 32.5 Å². The Hall–Kier alpha value is -4.14. The summed E-state index contributed by atoms with van der Waals surface area (Å²) >= 11 is 0. The first kappa shape index (κ1) is 22.6. The molecule has 0 radical (unpaired) electrons. The Morgan fingerprint density at radius 3 is 2.77 bits per heavy atom. The van der Waals surface area contributed by atoms with Gasteiger partial charge in [0.1, 0.15) is 11.6 Å². The number of hydrogen-bond donors (Lipinski definition) is 2. The number of nitrogens with one attached hydrogen (secondary N) is 2. The lowest BCUT2D eigenvalue weighted by atomic mass is 10.00. The highest BCUT2D eigenvalue weighted by Crippen LogP contribution is 2.27. The molecular weight excluding hydrogens is 447 g/mol. The molecule has 180 valence electrons. The lowest BCUT2D eigenvalue weighted by molar-refractivity contribution is -0.130. The molecule has 0 unspecified atom stereocenters. The number of aromatic amines is 1. The number of nitrogens with zero attached hydrogens (tertiary/aromatic N) is 4. The fraction of sp³-hybridized carbons (Fsp3) is 0.269. The SMILES string of the molecule is O=C(CNc1[nH]c(=O)n(CCCn2ccnc2)c1-c1cccc(F)c1)N1CCc2ccccc2C1. The third-order valence-electron chi connectivity index (χ3n) is 6.34. The number of amides is 1. The molecule has 1 aliphatic heterocycles. The van der Waals surface area contributed by atoms with Gasteiger partial charge in [0.05, 0.1) is 18.6 Å². The average molecular weight is 475 g/mol. The third-order valence-corrected chi connectivity index (χ3v) is 6.34. The van der Waals surface area contributed by atoms with E-state index in [0.29, 0.717) is 49.7 Å². The van der Waals surface area contributed by atoms with E-state index in [9.17, 15) is 14.0 Å². The van der Waals surface area contributed by atoms with Crippen LogP contribution in [0, 0.1) is 5.82 Å².